The van der Waals surface area contributed by atoms with Crippen molar-refractivity contribution < 1.29 is 12.8 Å². The van der Waals surface area contributed by atoms with Crippen molar-refractivity contribution in [3.8, 4) is 12.3 Å². The zero-order chi connectivity index (χ0) is 12.3. The van der Waals surface area contributed by atoms with Gasteiger partial charge in [0.2, 0.25) is 0 Å². The van der Waals surface area contributed by atoms with E-state index in [-0.39, 0.29) is 12.1 Å². The molecule has 0 heterocycles. The first-order valence-corrected chi connectivity index (χ1v) is 6.22. The van der Waals surface area contributed by atoms with Gasteiger partial charge in [-0.3, -0.25) is 11.3 Å². The van der Waals surface area contributed by atoms with Gasteiger partial charge in [-0.25, -0.2) is 12.8 Å². The van der Waals surface area contributed by atoms with Crippen LogP contribution in [0.3, 0.4) is 0 Å². The summed E-state index contributed by atoms with van der Waals surface area (Å²) in [6, 6.07) is 2.51. The zero-order valence-electron chi connectivity index (χ0n) is 8.62. The zero-order valence-corrected chi connectivity index (χ0v) is 9.44. The Morgan fingerprint density at radius 1 is 1.56 bits per heavy atom. The number of rotatable bonds is 3. The van der Waals surface area contributed by atoms with Crippen LogP contribution in [0.4, 0.5) is 4.39 Å². The highest BCUT2D eigenvalue weighted by Crippen LogP contribution is 2.21. The van der Waals surface area contributed by atoms with Gasteiger partial charge in [-0.05, 0) is 17.7 Å². The Morgan fingerprint density at radius 3 is 2.62 bits per heavy atom. The maximum atomic E-state index is 13.6. The molecule has 1 aromatic rings. The lowest BCUT2D eigenvalue weighted by molar-refractivity contribution is 0.567. The van der Waals surface area contributed by atoms with Gasteiger partial charge in [-0.15, -0.1) is 6.42 Å². The normalized spacial score (nSPS) is 11.1. The monoisotopic (exact) mass is 242 g/mol. The lowest BCUT2D eigenvalue weighted by Crippen LogP contribution is -2.21. The van der Waals surface area contributed by atoms with E-state index < -0.39 is 20.5 Å². The third-order valence-corrected chi connectivity index (χ3v) is 3.09. The summed E-state index contributed by atoms with van der Waals surface area (Å²) < 4.78 is 36.2. The Kier molecular flexibility index (Phi) is 3.65. The molecule has 0 aromatic heterocycles. The Hall–Kier alpha value is -1.42. The Morgan fingerprint density at radius 2 is 2.19 bits per heavy atom. The van der Waals surface area contributed by atoms with Crippen molar-refractivity contribution in [3.63, 3.8) is 0 Å². The highest BCUT2D eigenvalue weighted by Gasteiger charge is 2.19. The summed E-state index contributed by atoms with van der Waals surface area (Å²) in [7, 11) is -3.68. The van der Waals surface area contributed by atoms with Gasteiger partial charge in [0.15, 0.2) is 9.84 Å². The lowest BCUT2D eigenvalue weighted by atomic mass is 10.1. The molecule has 1 rings (SSSR count). The van der Waals surface area contributed by atoms with E-state index in [0.29, 0.717) is 5.56 Å². The molecule has 0 spiro atoms. The second kappa shape index (κ2) is 4.61. The number of nitrogens with one attached hydrogen (secondary N) is 1. The van der Waals surface area contributed by atoms with Crippen LogP contribution >= 0.6 is 0 Å². The number of hydrogen-bond donors (Lipinski definition) is 2. The maximum absolute atomic E-state index is 13.6. The van der Waals surface area contributed by atoms with Gasteiger partial charge in [-0.2, -0.15) is 0 Å². The van der Waals surface area contributed by atoms with E-state index >= 15 is 0 Å². The van der Waals surface area contributed by atoms with Crippen LogP contribution in [-0.4, -0.2) is 14.7 Å². The minimum absolute atomic E-state index is 0.00718. The summed E-state index contributed by atoms with van der Waals surface area (Å²) in [5.41, 5.74) is 2.83. The van der Waals surface area contributed by atoms with Crippen LogP contribution < -0.4 is 11.3 Å². The molecule has 0 saturated carbocycles. The van der Waals surface area contributed by atoms with E-state index in [1.807, 2.05) is 0 Å². The van der Waals surface area contributed by atoms with Gasteiger partial charge in [-0.1, -0.05) is 5.92 Å². The van der Waals surface area contributed by atoms with E-state index in [1.54, 1.807) is 0 Å². The molecule has 0 atom stereocenters. The highest BCUT2D eigenvalue weighted by molar-refractivity contribution is 7.90. The van der Waals surface area contributed by atoms with Gasteiger partial charge in [0.25, 0.3) is 0 Å². The molecule has 0 amide bonds. The smallest absolute Gasteiger partial charge is 0.179 e. The molecule has 0 aliphatic heterocycles. The number of halogens is 1. The first-order chi connectivity index (χ1) is 7.40. The van der Waals surface area contributed by atoms with Crippen molar-refractivity contribution in [1.29, 1.82) is 0 Å². The van der Waals surface area contributed by atoms with Crippen molar-refractivity contribution in [3.05, 3.63) is 29.1 Å². The molecule has 0 fully saturated rings. The SMILES string of the molecule is C#Cc1cc(CNN)cc(F)c1S(C)(=O)=O. The van der Waals surface area contributed by atoms with Crippen LogP contribution in [0.15, 0.2) is 17.0 Å². The summed E-state index contributed by atoms with van der Waals surface area (Å²) in [4.78, 5) is -0.448. The van der Waals surface area contributed by atoms with E-state index in [0.717, 1.165) is 12.3 Å². The topological polar surface area (TPSA) is 72.2 Å². The number of hydrogen-bond acceptors (Lipinski definition) is 4. The fraction of sp³-hybridized carbons (Fsp3) is 0.200. The minimum atomic E-state index is -3.68. The highest BCUT2D eigenvalue weighted by atomic mass is 32.2. The van der Waals surface area contributed by atoms with Crippen LogP contribution in [0.2, 0.25) is 0 Å². The Balaban J connectivity index is 3.49. The molecule has 3 N–H and O–H groups in total. The molecule has 86 valence electrons. The summed E-state index contributed by atoms with van der Waals surface area (Å²) in [6.45, 7) is 0.204. The Labute approximate surface area is 93.5 Å². The molecule has 0 saturated heterocycles. The first-order valence-electron chi connectivity index (χ1n) is 4.32. The van der Waals surface area contributed by atoms with Gasteiger partial charge >= 0.3 is 0 Å². The molecule has 16 heavy (non-hydrogen) atoms. The molecule has 6 heteroatoms. The summed E-state index contributed by atoms with van der Waals surface area (Å²) >= 11 is 0. The average Bonchev–Trinajstić information content (AvgIpc) is 2.15. The van der Waals surface area contributed by atoms with Gasteiger partial charge in [0.1, 0.15) is 10.7 Å². The molecular weight excluding hydrogens is 231 g/mol. The number of nitrogens with two attached hydrogens (primary N) is 1. The predicted octanol–water partition coefficient (Wildman–Crippen LogP) is 0.174. The summed E-state index contributed by atoms with van der Waals surface area (Å²) in [5, 5.41) is 0. The second-order valence-electron chi connectivity index (χ2n) is 3.25. The number of terminal acetylenes is 1. The fourth-order valence-corrected chi connectivity index (χ4v) is 2.28. The number of benzene rings is 1. The van der Waals surface area contributed by atoms with Crippen molar-refractivity contribution in [2.45, 2.75) is 11.4 Å². The van der Waals surface area contributed by atoms with Crippen molar-refractivity contribution in [2.24, 2.45) is 5.84 Å². The van der Waals surface area contributed by atoms with Crippen LogP contribution in [0.5, 0.6) is 0 Å². The van der Waals surface area contributed by atoms with Crippen LogP contribution in [0.1, 0.15) is 11.1 Å². The predicted molar refractivity (Wildman–Crippen MR) is 58.5 cm³/mol. The summed E-state index contributed by atoms with van der Waals surface area (Å²) in [6.07, 6.45) is 6.06. The molecule has 0 aliphatic rings. The molecular formula is C10H11FN2O2S. The number of sulfone groups is 1. The van der Waals surface area contributed by atoms with E-state index in [4.69, 9.17) is 12.3 Å². The van der Waals surface area contributed by atoms with Gasteiger partial charge in [0, 0.05) is 18.4 Å². The van der Waals surface area contributed by atoms with E-state index in [1.165, 1.54) is 6.07 Å². The van der Waals surface area contributed by atoms with Crippen LogP contribution in [-0.2, 0) is 16.4 Å². The van der Waals surface area contributed by atoms with Crippen LogP contribution in [0, 0.1) is 18.2 Å². The molecule has 0 unspecified atom stereocenters. The quantitative estimate of drug-likeness (QED) is 0.450. The van der Waals surface area contributed by atoms with E-state index in [9.17, 15) is 12.8 Å². The largest absolute Gasteiger partial charge is 0.271 e. The Bertz CT molecular complexity index is 547. The number of hydrazine groups is 1. The first kappa shape index (κ1) is 12.6. The molecule has 0 aliphatic carbocycles. The van der Waals surface area contributed by atoms with Gasteiger partial charge < -0.3 is 0 Å². The van der Waals surface area contributed by atoms with Crippen molar-refractivity contribution >= 4 is 9.84 Å². The molecule has 1 aromatic carbocycles. The molecule has 0 radical (unpaired) electrons. The van der Waals surface area contributed by atoms with Crippen LogP contribution in [0.25, 0.3) is 0 Å². The molecule has 4 nitrogen and oxygen atoms in total. The van der Waals surface area contributed by atoms with E-state index in [2.05, 4.69) is 11.3 Å². The third-order valence-electron chi connectivity index (χ3n) is 1.94. The lowest BCUT2D eigenvalue weighted by Gasteiger charge is -2.07. The standard InChI is InChI=1S/C10H11FN2O2S/c1-3-8-4-7(6-13-12)5-9(11)10(8)16(2,14)15/h1,4-5,13H,6,12H2,2H3. The summed E-state index contributed by atoms with van der Waals surface area (Å²) in [5.74, 6) is 6.38. The van der Waals surface area contributed by atoms with Crippen molar-refractivity contribution in [1.82, 2.24) is 5.43 Å². The molecule has 0 bridgehead atoms. The van der Waals surface area contributed by atoms with Gasteiger partial charge in [0.05, 0.1) is 0 Å². The average molecular weight is 242 g/mol. The van der Waals surface area contributed by atoms with Crippen molar-refractivity contribution in [2.75, 3.05) is 6.26 Å². The third kappa shape index (κ3) is 2.58. The second-order valence-corrected chi connectivity index (χ2v) is 5.20. The fourth-order valence-electron chi connectivity index (χ4n) is 1.35. The maximum Gasteiger partial charge on any atom is 0.179 e. The minimum Gasteiger partial charge on any atom is -0.271 e.